The number of hydrogen-bond acceptors (Lipinski definition) is 2. The zero-order chi connectivity index (χ0) is 11.1. The molecule has 0 aromatic heterocycles. The lowest BCUT2D eigenvalue weighted by atomic mass is 10.5. The first-order chi connectivity index (χ1) is 7.26. The molecule has 0 heterocycles. The molecular formula is C10H21IN4O. The summed E-state index contributed by atoms with van der Waals surface area (Å²) in [4.78, 5) is 15.5. The van der Waals surface area contributed by atoms with Crippen molar-refractivity contribution in [2.24, 2.45) is 4.99 Å². The molecule has 1 fully saturated rings. The second-order valence-electron chi connectivity index (χ2n) is 3.57. The summed E-state index contributed by atoms with van der Waals surface area (Å²) >= 11 is 0. The summed E-state index contributed by atoms with van der Waals surface area (Å²) in [7, 11) is 0. The second-order valence-corrected chi connectivity index (χ2v) is 3.57. The number of carbonyl (C=O) groups is 1. The summed E-state index contributed by atoms with van der Waals surface area (Å²) in [6, 6.07) is 0.411. The Bertz CT molecular complexity index is 233. The molecular weight excluding hydrogens is 319 g/mol. The molecule has 3 N–H and O–H groups in total. The maximum Gasteiger partial charge on any atom is 0.242 e. The molecule has 1 amide bonds. The fourth-order valence-corrected chi connectivity index (χ4v) is 1.16. The third-order valence-corrected chi connectivity index (χ3v) is 2.01. The average molecular weight is 340 g/mol. The van der Waals surface area contributed by atoms with Crippen LogP contribution in [-0.4, -0.2) is 37.5 Å². The largest absolute Gasteiger partial charge is 0.357 e. The van der Waals surface area contributed by atoms with Gasteiger partial charge in [-0.3, -0.25) is 4.79 Å². The zero-order valence-corrected chi connectivity index (χ0v) is 12.2. The smallest absolute Gasteiger partial charge is 0.242 e. The standard InChI is InChI=1S/C10H20N4O.HI/c1-3-11-10(12-4-2)13-7-9(15)14-8-5-6-8;/h8H,3-7H2,1-2H3,(H,14,15)(H2,11,12,13);1H. The van der Waals surface area contributed by atoms with Crippen molar-refractivity contribution < 1.29 is 4.79 Å². The van der Waals surface area contributed by atoms with Crippen molar-refractivity contribution >= 4 is 35.8 Å². The van der Waals surface area contributed by atoms with Crippen molar-refractivity contribution in [2.75, 3.05) is 19.6 Å². The molecule has 0 bridgehead atoms. The molecule has 0 saturated heterocycles. The predicted octanol–water partition coefficient (Wildman–Crippen LogP) is 0.458. The third kappa shape index (κ3) is 6.86. The highest BCUT2D eigenvalue weighted by Gasteiger charge is 2.22. The van der Waals surface area contributed by atoms with Gasteiger partial charge in [-0.15, -0.1) is 24.0 Å². The Kier molecular flexibility index (Phi) is 8.32. The number of guanidine groups is 1. The van der Waals surface area contributed by atoms with Gasteiger partial charge in [0.25, 0.3) is 0 Å². The van der Waals surface area contributed by atoms with Gasteiger partial charge in [0.1, 0.15) is 6.54 Å². The van der Waals surface area contributed by atoms with Crippen molar-refractivity contribution in [3.63, 3.8) is 0 Å². The van der Waals surface area contributed by atoms with Gasteiger partial charge >= 0.3 is 0 Å². The number of nitrogens with zero attached hydrogens (tertiary/aromatic N) is 1. The molecule has 94 valence electrons. The molecule has 1 rings (SSSR count). The van der Waals surface area contributed by atoms with Crippen LogP contribution in [0.3, 0.4) is 0 Å². The summed E-state index contributed by atoms with van der Waals surface area (Å²) in [6.45, 7) is 5.80. The fourth-order valence-electron chi connectivity index (χ4n) is 1.16. The van der Waals surface area contributed by atoms with E-state index in [-0.39, 0.29) is 36.4 Å². The van der Waals surface area contributed by atoms with E-state index in [1.807, 2.05) is 13.8 Å². The molecule has 6 heteroatoms. The lowest BCUT2D eigenvalue weighted by Crippen LogP contribution is -2.38. The molecule has 0 aromatic carbocycles. The normalized spacial score (nSPS) is 13.4. The molecule has 0 aromatic rings. The van der Waals surface area contributed by atoms with E-state index >= 15 is 0 Å². The van der Waals surface area contributed by atoms with E-state index in [2.05, 4.69) is 20.9 Å². The van der Waals surface area contributed by atoms with Crippen molar-refractivity contribution in [3.8, 4) is 0 Å². The number of carbonyl (C=O) groups excluding carboxylic acids is 1. The van der Waals surface area contributed by atoms with Gasteiger partial charge < -0.3 is 16.0 Å². The summed E-state index contributed by atoms with van der Waals surface area (Å²) in [5.41, 5.74) is 0. The molecule has 16 heavy (non-hydrogen) atoms. The van der Waals surface area contributed by atoms with E-state index in [9.17, 15) is 4.79 Å². The van der Waals surface area contributed by atoms with Crippen LogP contribution < -0.4 is 16.0 Å². The Morgan fingerprint density at radius 3 is 2.25 bits per heavy atom. The van der Waals surface area contributed by atoms with E-state index in [1.54, 1.807) is 0 Å². The molecule has 1 aliphatic carbocycles. The molecule has 0 atom stereocenters. The Hall–Kier alpha value is -0.530. The minimum atomic E-state index is 0. The first-order valence-electron chi connectivity index (χ1n) is 5.57. The number of halogens is 1. The van der Waals surface area contributed by atoms with Crippen molar-refractivity contribution in [1.82, 2.24) is 16.0 Å². The van der Waals surface area contributed by atoms with Crippen LogP contribution in [0.25, 0.3) is 0 Å². The summed E-state index contributed by atoms with van der Waals surface area (Å²) in [5, 5.41) is 9.03. The minimum absolute atomic E-state index is 0. The Morgan fingerprint density at radius 2 is 1.81 bits per heavy atom. The van der Waals surface area contributed by atoms with E-state index < -0.39 is 0 Å². The quantitative estimate of drug-likeness (QED) is 0.387. The van der Waals surface area contributed by atoms with Crippen molar-refractivity contribution in [3.05, 3.63) is 0 Å². The van der Waals surface area contributed by atoms with Gasteiger partial charge in [-0.1, -0.05) is 0 Å². The monoisotopic (exact) mass is 340 g/mol. The van der Waals surface area contributed by atoms with Crippen molar-refractivity contribution in [1.29, 1.82) is 0 Å². The van der Waals surface area contributed by atoms with Gasteiger partial charge in [0, 0.05) is 19.1 Å². The Labute approximate surface area is 114 Å². The van der Waals surface area contributed by atoms with Gasteiger partial charge in [0.05, 0.1) is 0 Å². The zero-order valence-electron chi connectivity index (χ0n) is 9.88. The molecule has 0 spiro atoms. The lowest BCUT2D eigenvalue weighted by Gasteiger charge is -2.08. The summed E-state index contributed by atoms with van der Waals surface area (Å²) in [6.07, 6.45) is 2.23. The number of hydrogen-bond donors (Lipinski definition) is 3. The highest BCUT2D eigenvalue weighted by molar-refractivity contribution is 14.0. The molecule has 0 radical (unpaired) electrons. The third-order valence-electron chi connectivity index (χ3n) is 2.01. The number of amides is 1. The van der Waals surface area contributed by atoms with Gasteiger partial charge in [0.2, 0.25) is 5.91 Å². The highest BCUT2D eigenvalue weighted by Crippen LogP contribution is 2.18. The predicted molar refractivity (Wildman–Crippen MR) is 76.2 cm³/mol. The van der Waals surface area contributed by atoms with Crippen molar-refractivity contribution in [2.45, 2.75) is 32.7 Å². The topological polar surface area (TPSA) is 65.5 Å². The second kappa shape index (κ2) is 8.60. The van der Waals surface area contributed by atoms with Gasteiger partial charge in [-0.2, -0.15) is 0 Å². The van der Waals surface area contributed by atoms with Crippen LogP contribution in [-0.2, 0) is 4.79 Å². The Morgan fingerprint density at radius 1 is 1.25 bits per heavy atom. The van der Waals surface area contributed by atoms with Gasteiger partial charge in [-0.05, 0) is 26.7 Å². The van der Waals surface area contributed by atoms with Crippen LogP contribution in [0.15, 0.2) is 4.99 Å². The number of rotatable bonds is 5. The van der Waals surface area contributed by atoms with E-state index in [0.717, 1.165) is 25.9 Å². The van der Waals surface area contributed by atoms with Crippen LogP contribution in [0.4, 0.5) is 0 Å². The average Bonchev–Trinajstić information content (AvgIpc) is 2.99. The molecule has 0 unspecified atom stereocenters. The lowest BCUT2D eigenvalue weighted by molar-refractivity contribution is -0.119. The van der Waals surface area contributed by atoms with E-state index in [4.69, 9.17) is 0 Å². The Balaban J connectivity index is 0.00000225. The van der Waals surface area contributed by atoms with E-state index in [1.165, 1.54) is 0 Å². The molecule has 0 aliphatic heterocycles. The molecule has 1 saturated carbocycles. The highest BCUT2D eigenvalue weighted by atomic mass is 127. The van der Waals surface area contributed by atoms with Gasteiger partial charge in [0.15, 0.2) is 5.96 Å². The van der Waals surface area contributed by atoms with Crippen LogP contribution in [0.1, 0.15) is 26.7 Å². The molecule has 5 nitrogen and oxygen atoms in total. The van der Waals surface area contributed by atoms with Crippen LogP contribution in [0.5, 0.6) is 0 Å². The SMILES string of the molecule is CCNC(=NCC(=O)NC1CC1)NCC.I. The maximum absolute atomic E-state index is 11.3. The van der Waals surface area contributed by atoms with E-state index in [0.29, 0.717) is 12.0 Å². The fraction of sp³-hybridized carbons (Fsp3) is 0.800. The first kappa shape index (κ1) is 15.5. The van der Waals surface area contributed by atoms with Gasteiger partial charge in [-0.25, -0.2) is 4.99 Å². The summed E-state index contributed by atoms with van der Waals surface area (Å²) < 4.78 is 0. The number of aliphatic imine (C=N–C) groups is 1. The molecule has 1 aliphatic rings. The van der Waals surface area contributed by atoms with Crippen LogP contribution in [0.2, 0.25) is 0 Å². The van der Waals surface area contributed by atoms with Crippen LogP contribution in [0, 0.1) is 0 Å². The first-order valence-corrected chi connectivity index (χ1v) is 5.57. The number of nitrogens with one attached hydrogen (secondary N) is 3. The van der Waals surface area contributed by atoms with Crippen LogP contribution >= 0.6 is 24.0 Å². The minimum Gasteiger partial charge on any atom is -0.357 e. The maximum atomic E-state index is 11.3. The summed E-state index contributed by atoms with van der Waals surface area (Å²) in [5.74, 6) is 0.705.